The number of benzene rings is 19. The maximum Gasteiger partial charge on any atom is 0.238 e. The van der Waals surface area contributed by atoms with Crippen LogP contribution in [0.15, 0.2) is 424 Å². The third-order valence-electron chi connectivity index (χ3n) is 29.9. The molecule has 27 aromatic rings. The van der Waals surface area contributed by atoms with Gasteiger partial charge in [-0.2, -0.15) is 19.9 Å². The van der Waals surface area contributed by atoms with Crippen LogP contribution in [-0.2, 0) is 16.2 Å². The maximum atomic E-state index is 8.82. The van der Waals surface area contributed by atoms with E-state index in [9.17, 15) is 0 Å². The summed E-state index contributed by atoms with van der Waals surface area (Å²) in [6.45, 7) is 14.0. The molecule has 3 aliphatic carbocycles. The van der Waals surface area contributed by atoms with Gasteiger partial charge in [0.25, 0.3) is 0 Å². The monoisotopic (exact) mass is 1790 g/mol. The van der Waals surface area contributed by atoms with E-state index in [-0.39, 0.29) is 45.0 Å². The molecule has 139 heavy (non-hydrogen) atoms. The minimum Gasteiger partial charge on any atom is -0.311 e. The molecule has 0 saturated heterocycles. The average molecular weight is 1790 g/mol. The van der Waals surface area contributed by atoms with Crippen LogP contribution in [0.1, 0.15) is 88.6 Å². The van der Waals surface area contributed by atoms with Crippen LogP contribution in [0.4, 0.5) is 17.1 Å². The predicted molar refractivity (Wildman–Crippen MR) is 579 cm³/mol. The lowest BCUT2D eigenvalue weighted by atomic mass is 9.81. The van der Waals surface area contributed by atoms with Gasteiger partial charge in [0.2, 0.25) is 11.9 Å². The van der Waals surface area contributed by atoms with Crippen molar-refractivity contribution < 1.29 is 13.7 Å². The molecular formula is C129H88N10. The largest absolute Gasteiger partial charge is 0.311 e. The Morgan fingerprint density at radius 3 is 0.777 bits per heavy atom. The van der Waals surface area contributed by atoms with Crippen LogP contribution < -0.4 is 4.90 Å². The van der Waals surface area contributed by atoms with Crippen LogP contribution in [0.25, 0.3) is 226 Å². The van der Waals surface area contributed by atoms with E-state index in [2.05, 4.69) is 358 Å². The summed E-state index contributed by atoms with van der Waals surface area (Å²) in [5, 5.41) is 29.2. The van der Waals surface area contributed by atoms with Crippen molar-refractivity contribution in [3.63, 3.8) is 0 Å². The predicted octanol–water partition coefficient (Wildman–Crippen LogP) is 33.2. The Balaban J connectivity index is 0.000000108. The zero-order valence-corrected chi connectivity index (χ0v) is 76.6. The molecule has 0 radical (unpaired) electrons. The second-order valence-corrected chi connectivity index (χ2v) is 38.3. The molecule has 3 aliphatic rings. The molecular weight excluding hydrogens is 1690 g/mol. The van der Waals surface area contributed by atoms with E-state index in [1.807, 2.05) is 71.3 Å². The Morgan fingerprint density at radius 1 is 0.194 bits per heavy atom. The fourth-order valence-corrected chi connectivity index (χ4v) is 23.8. The SMILES string of the molecule is CC1(C)c2cccc3c4ccccc4c4cccc5c4c4c(c1ccc4n5-c1ccc(N(c4ccccc4)c4ccccc4)cc1)c23.CC1(C)c2cccc3c4ccccc4c4cccc5c4c4c(c1ccc4n5-c1nc(-c4ccccc4)nc(-c4ccccc4)n1)c23.[2H]c1c([2H])c([2H])c(-c2nc(-c3c([2H])c([2H])c([2H])c([2H])c3[2H])nc(-n3c4cccc5c6ccccc6c6cccc7c6c6c(ccc3c6c54)C7(C)C)n2)c([2H])c1[2H]. The molecule has 0 amide bonds. The van der Waals surface area contributed by atoms with E-state index in [1.54, 1.807) is 0 Å². The van der Waals surface area contributed by atoms with Crippen LogP contribution in [0.5, 0.6) is 0 Å². The molecule has 0 aliphatic heterocycles. The number of para-hydroxylation sites is 2. The van der Waals surface area contributed by atoms with Gasteiger partial charge in [0.15, 0.2) is 23.3 Å². The molecule has 10 nitrogen and oxygen atoms in total. The van der Waals surface area contributed by atoms with E-state index >= 15 is 0 Å². The zero-order valence-electron chi connectivity index (χ0n) is 86.6. The molecule has 0 spiro atoms. The molecule has 5 aromatic heterocycles. The standard InChI is InChI=1S/C45H32N2.2C42H28N4/c1-45(2)37-21-11-19-35-33-17-9-10-18-34(33)36-20-12-22-39-42(36)44-40(28-27-38(45)43(44)41(35)37)47(39)32-25-23-31(24-26-32)46(29-13-5-3-6-14-29)30-15-7-4-8-16-30;2*1-42(2)31-21-11-19-29-27-17-9-10-18-28(27)30-20-12-22-33-36(30)38-34(24-23-32(42)37(38)35(29)31)46(33)41-44-39(25-13-5-3-6-14-25)43-40(45-41)26-15-7-4-8-16-26/h3-28H,1-2H3;2*3-24H,1-2H3/i;3D,4D,5D,6D,7D,8D,13D,14D,15D,16D;. The summed E-state index contributed by atoms with van der Waals surface area (Å²) in [5.74, 6) is 1.26. The molecule has 22 aromatic carbocycles. The second-order valence-electron chi connectivity index (χ2n) is 38.3. The summed E-state index contributed by atoms with van der Waals surface area (Å²) in [5.41, 5.74) is 19.3. The molecule has 0 unspecified atom stereocenters. The summed E-state index contributed by atoms with van der Waals surface area (Å²) in [4.78, 5) is 31.9. The molecule has 0 atom stereocenters. The smallest absolute Gasteiger partial charge is 0.238 e. The van der Waals surface area contributed by atoms with Crippen molar-refractivity contribution in [1.82, 2.24) is 43.6 Å². The Morgan fingerprint density at radius 2 is 0.446 bits per heavy atom. The van der Waals surface area contributed by atoms with Crippen LogP contribution in [0.3, 0.4) is 0 Å². The number of aromatic nitrogens is 9. The van der Waals surface area contributed by atoms with E-state index in [0.717, 1.165) is 93.6 Å². The summed E-state index contributed by atoms with van der Waals surface area (Å²) >= 11 is 0. The second kappa shape index (κ2) is 30.2. The van der Waals surface area contributed by atoms with Crippen molar-refractivity contribution in [3.8, 4) is 63.1 Å². The Bertz CT molecular complexity index is 10400. The van der Waals surface area contributed by atoms with Gasteiger partial charge in [-0.05, 0) is 215 Å². The van der Waals surface area contributed by atoms with Crippen LogP contribution in [0, 0.1) is 0 Å². The first kappa shape index (κ1) is 70.1. The van der Waals surface area contributed by atoms with Gasteiger partial charge >= 0.3 is 0 Å². The summed E-state index contributed by atoms with van der Waals surface area (Å²) < 4.78 is 91.9. The first-order chi connectivity index (χ1) is 72.4. The molecule has 0 saturated carbocycles. The quantitative estimate of drug-likeness (QED) is 0.135. The fourth-order valence-electron chi connectivity index (χ4n) is 23.8. The number of fused-ring (bicyclic) bond motifs is 9. The van der Waals surface area contributed by atoms with E-state index in [0.29, 0.717) is 28.6 Å². The van der Waals surface area contributed by atoms with Gasteiger partial charge in [0, 0.05) is 93.6 Å². The molecule has 0 bridgehead atoms. The van der Waals surface area contributed by atoms with Crippen molar-refractivity contribution in [3.05, 3.63) is 458 Å². The molecule has 0 N–H and O–H groups in total. The first-order valence-corrected chi connectivity index (χ1v) is 47.3. The number of anilines is 3. The highest BCUT2D eigenvalue weighted by molar-refractivity contribution is 6.39. The number of hydrogen-bond acceptors (Lipinski definition) is 7. The fraction of sp³-hybridized carbons (Fsp3) is 0.0698. The third-order valence-corrected chi connectivity index (χ3v) is 29.9. The van der Waals surface area contributed by atoms with Crippen LogP contribution in [0.2, 0.25) is 0 Å². The van der Waals surface area contributed by atoms with Crippen LogP contribution >= 0.6 is 0 Å². The van der Waals surface area contributed by atoms with Gasteiger partial charge in [0.1, 0.15) is 0 Å². The topological polar surface area (TPSA) is 95.4 Å². The molecule has 654 valence electrons. The lowest BCUT2D eigenvalue weighted by molar-refractivity contribution is 0.663. The average Bonchev–Trinajstić information content (AvgIpc) is 1.52. The minimum atomic E-state index is -0.599. The highest BCUT2D eigenvalue weighted by Crippen LogP contribution is 2.58. The van der Waals surface area contributed by atoms with Gasteiger partial charge in [0.05, 0.1) is 46.8 Å². The number of nitrogens with zero attached hydrogens (tertiary/aromatic N) is 10. The minimum absolute atomic E-state index is 0.0287. The Hall–Kier alpha value is -17.6. The van der Waals surface area contributed by atoms with E-state index < -0.39 is 60.4 Å². The summed E-state index contributed by atoms with van der Waals surface area (Å²) in [6.07, 6.45) is 0. The zero-order chi connectivity index (χ0) is 101. The van der Waals surface area contributed by atoms with Crippen molar-refractivity contribution in [2.75, 3.05) is 4.90 Å². The van der Waals surface area contributed by atoms with Gasteiger partial charge in [-0.25, -0.2) is 9.97 Å². The van der Waals surface area contributed by atoms with Gasteiger partial charge < -0.3 is 9.47 Å². The van der Waals surface area contributed by atoms with Gasteiger partial charge in [-0.3, -0.25) is 9.13 Å². The normalized spacial score (nSPS) is 14.6. The lowest BCUT2D eigenvalue weighted by Crippen LogP contribution is -2.15. The van der Waals surface area contributed by atoms with Crippen molar-refractivity contribution in [2.45, 2.75) is 57.8 Å². The maximum absolute atomic E-state index is 8.82. The highest BCUT2D eigenvalue weighted by atomic mass is 15.2. The van der Waals surface area contributed by atoms with Crippen molar-refractivity contribution >= 4 is 179 Å². The van der Waals surface area contributed by atoms with Gasteiger partial charge in [-0.15, -0.1) is 0 Å². The lowest BCUT2D eigenvalue weighted by Gasteiger charge is -2.25. The number of rotatable bonds is 10. The molecule has 10 heteroatoms. The summed E-state index contributed by atoms with van der Waals surface area (Å²) in [7, 11) is 0. The highest BCUT2D eigenvalue weighted by Gasteiger charge is 2.40. The third kappa shape index (κ3) is 11.7. The van der Waals surface area contributed by atoms with Gasteiger partial charge in [-0.1, -0.05) is 381 Å². The van der Waals surface area contributed by atoms with Crippen molar-refractivity contribution in [1.29, 1.82) is 0 Å². The molecule has 0 fully saturated rings. The molecule has 5 heterocycles. The Kier molecular flexibility index (Phi) is 15.2. The molecule has 30 rings (SSSR count). The number of hydrogen-bond donors (Lipinski definition) is 0. The van der Waals surface area contributed by atoms with E-state index in [4.69, 9.17) is 38.6 Å². The van der Waals surface area contributed by atoms with E-state index in [1.165, 1.54) is 125 Å². The summed E-state index contributed by atoms with van der Waals surface area (Å²) in [6, 6.07) is 124. The first-order valence-electron chi connectivity index (χ1n) is 52.3. The Labute approximate surface area is 815 Å². The van der Waals surface area contributed by atoms with Crippen molar-refractivity contribution in [2.24, 2.45) is 0 Å². The van der Waals surface area contributed by atoms with Crippen LogP contribution in [-0.4, -0.2) is 43.6 Å².